The zero-order chi connectivity index (χ0) is 23.5. The lowest BCUT2D eigenvalue weighted by Gasteiger charge is -2.26. The van der Waals surface area contributed by atoms with Crippen molar-refractivity contribution in [2.24, 2.45) is 0 Å². The zero-order valence-corrected chi connectivity index (χ0v) is 18.8. The number of benzene rings is 3. The van der Waals surface area contributed by atoms with Gasteiger partial charge in [0.1, 0.15) is 0 Å². The number of nitro benzene ring substituents is 1. The number of hydrogen-bond acceptors (Lipinski definition) is 5. The van der Waals surface area contributed by atoms with Gasteiger partial charge in [0.2, 0.25) is 0 Å². The maximum atomic E-state index is 13.0. The van der Waals surface area contributed by atoms with Crippen molar-refractivity contribution >= 4 is 34.2 Å². The van der Waals surface area contributed by atoms with E-state index in [1.807, 2.05) is 42.5 Å². The number of piperidine rings is 1. The Labute approximate surface area is 198 Å². The first-order chi connectivity index (χ1) is 16.6. The second kappa shape index (κ2) is 9.49. The Morgan fingerprint density at radius 3 is 2.41 bits per heavy atom. The minimum absolute atomic E-state index is 0.0567. The van der Waals surface area contributed by atoms with Crippen LogP contribution in [-0.4, -0.2) is 28.8 Å². The summed E-state index contributed by atoms with van der Waals surface area (Å²) in [6.07, 6.45) is 3.85. The van der Waals surface area contributed by atoms with Gasteiger partial charge in [-0.05, 0) is 55.3 Å². The monoisotopic (exact) mass is 454 g/mol. The molecule has 2 aliphatic rings. The summed E-state index contributed by atoms with van der Waals surface area (Å²) in [5.41, 5.74) is 5.15. The van der Waals surface area contributed by atoms with E-state index in [1.54, 1.807) is 6.07 Å². The molecular formula is C27H26N4O3. The summed E-state index contributed by atoms with van der Waals surface area (Å²) < 4.78 is 0. The van der Waals surface area contributed by atoms with Crippen molar-refractivity contribution in [3.05, 3.63) is 99.6 Å². The van der Waals surface area contributed by atoms with Crippen molar-refractivity contribution in [3.63, 3.8) is 0 Å². The molecule has 1 fully saturated rings. The van der Waals surface area contributed by atoms with E-state index in [1.165, 1.54) is 37.0 Å². The van der Waals surface area contributed by atoms with Gasteiger partial charge < -0.3 is 10.6 Å². The Hall–Kier alpha value is -3.97. The quantitative estimate of drug-likeness (QED) is 0.291. The molecule has 34 heavy (non-hydrogen) atoms. The van der Waals surface area contributed by atoms with Crippen LogP contribution in [0.15, 0.2) is 72.8 Å². The second-order valence-electron chi connectivity index (χ2n) is 8.72. The molecule has 0 aromatic heterocycles. The van der Waals surface area contributed by atoms with E-state index < -0.39 is 4.92 Å². The highest BCUT2D eigenvalue weighted by Crippen LogP contribution is 2.39. The molecule has 0 radical (unpaired) electrons. The molecule has 7 nitrogen and oxygen atoms in total. The van der Waals surface area contributed by atoms with E-state index >= 15 is 0 Å². The van der Waals surface area contributed by atoms with E-state index in [4.69, 9.17) is 0 Å². The summed E-state index contributed by atoms with van der Waals surface area (Å²) >= 11 is 0. The molecule has 7 heteroatoms. The average Bonchev–Trinajstić information content (AvgIpc) is 3.19. The molecule has 172 valence electrons. The number of nitrogens with zero attached hydrogens (tertiary/aromatic N) is 2. The number of hydrogen-bond donors (Lipinski definition) is 2. The third-order valence-electron chi connectivity index (χ3n) is 6.35. The topological polar surface area (TPSA) is 87.5 Å². The largest absolute Gasteiger partial charge is 0.354 e. The van der Waals surface area contributed by atoms with Crippen molar-refractivity contribution in [1.29, 1.82) is 0 Å². The van der Waals surface area contributed by atoms with Gasteiger partial charge in [-0.25, -0.2) is 0 Å². The Kier molecular flexibility index (Phi) is 6.10. The smallest absolute Gasteiger partial charge is 0.271 e. The van der Waals surface area contributed by atoms with E-state index in [0.717, 1.165) is 30.9 Å². The highest BCUT2D eigenvalue weighted by atomic mass is 16.6. The van der Waals surface area contributed by atoms with Crippen molar-refractivity contribution in [3.8, 4) is 0 Å². The van der Waals surface area contributed by atoms with Crippen LogP contribution in [-0.2, 0) is 11.3 Å². The van der Waals surface area contributed by atoms with E-state index in [0.29, 0.717) is 22.5 Å². The van der Waals surface area contributed by atoms with Crippen LogP contribution in [0.4, 0.5) is 17.1 Å². The fourth-order valence-corrected chi connectivity index (χ4v) is 4.62. The predicted molar refractivity (Wildman–Crippen MR) is 134 cm³/mol. The van der Waals surface area contributed by atoms with Crippen molar-refractivity contribution < 1.29 is 9.72 Å². The molecule has 3 aromatic carbocycles. The number of carbonyl (C=O) groups excluding carboxylic acids is 1. The number of carbonyl (C=O) groups is 1. The normalized spacial score (nSPS) is 17.1. The number of likely N-dealkylation sites (tertiary alicyclic amines) is 1. The molecule has 0 bridgehead atoms. The molecule has 0 aliphatic carbocycles. The first-order valence-electron chi connectivity index (χ1n) is 11.6. The summed E-state index contributed by atoms with van der Waals surface area (Å²) in [7, 11) is 0. The fraction of sp³-hybridized carbons (Fsp3) is 0.222. The molecule has 0 unspecified atom stereocenters. The van der Waals surface area contributed by atoms with Gasteiger partial charge in [-0.2, -0.15) is 0 Å². The minimum atomic E-state index is -0.462. The summed E-state index contributed by atoms with van der Waals surface area (Å²) in [6.45, 7) is 3.25. The van der Waals surface area contributed by atoms with Gasteiger partial charge in [-0.3, -0.25) is 19.8 Å². The number of amides is 1. The molecule has 5 rings (SSSR count). The molecule has 1 amide bonds. The summed E-state index contributed by atoms with van der Waals surface area (Å²) in [5, 5.41) is 17.4. The zero-order valence-electron chi connectivity index (χ0n) is 18.8. The Balaban J connectivity index is 1.48. The lowest BCUT2D eigenvalue weighted by molar-refractivity contribution is -0.384. The van der Waals surface area contributed by atoms with Gasteiger partial charge in [-0.15, -0.1) is 0 Å². The molecule has 2 N–H and O–H groups in total. The Morgan fingerprint density at radius 1 is 0.971 bits per heavy atom. The third kappa shape index (κ3) is 4.56. The van der Waals surface area contributed by atoms with E-state index in [9.17, 15) is 14.9 Å². The Bertz CT molecular complexity index is 1250. The van der Waals surface area contributed by atoms with E-state index in [-0.39, 0.29) is 11.6 Å². The Morgan fingerprint density at radius 2 is 1.71 bits per heavy atom. The predicted octanol–water partition coefficient (Wildman–Crippen LogP) is 5.51. The number of anilines is 2. The van der Waals surface area contributed by atoms with Crippen LogP contribution in [0.2, 0.25) is 0 Å². The molecule has 0 atom stereocenters. The summed E-state index contributed by atoms with van der Waals surface area (Å²) in [6, 6.07) is 22.4. The van der Waals surface area contributed by atoms with Crippen LogP contribution in [0.1, 0.15) is 36.0 Å². The minimum Gasteiger partial charge on any atom is -0.354 e. The molecule has 1 saturated heterocycles. The molecule has 2 aliphatic heterocycles. The maximum Gasteiger partial charge on any atom is 0.271 e. The van der Waals surface area contributed by atoms with Crippen LogP contribution < -0.4 is 10.6 Å². The summed E-state index contributed by atoms with van der Waals surface area (Å²) in [5.74, 6) is -0.288. The lowest BCUT2D eigenvalue weighted by Crippen LogP contribution is -2.29. The highest BCUT2D eigenvalue weighted by molar-refractivity contribution is 6.37. The number of fused-ring (bicyclic) bond motifs is 1. The van der Waals surface area contributed by atoms with Crippen molar-refractivity contribution in [2.45, 2.75) is 25.8 Å². The second-order valence-corrected chi connectivity index (χ2v) is 8.72. The van der Waals surface area contributed by atoms with Gasteiger partial charge in [0.15, 0.2) is 0 Å². The fourth-order valence-electron chi connectivity index (χ4n) is 4.62. The van der Waals surface area contributed by atoms with Gasteiger partial charge in [0, 0.05) is 29.9 Å². The lowest BCUT2D eigenvalue weighted by atomic mass is 9.99. The number of rotatable bonds is 6. The number of nitrogens with one attached hydrogen (secondary N) is 2. The van der Waals surface area contributed by atoms with Crippen LogP contribution in [0.3, 0.4) is 0 Å². The number of nitro groups is 1. The highest BCUT2D eigenvalue weighted by Gasteiger charge is 2.30. The summed E-state index contributed by atoms with van der Waals surface area (Å²) in [4.78, 5) is 26.2. The van der Waals surface area contributed by atoms with Crippen molar-refractivity contribution in [1.82, 2.24) is 4.90 Å². The molecule has 2 heterocycles. The van der Waals surface area contributed by atoms with Crippen molar-refractivity contribution in [2.75, 3.05) is 23.7 Å². The molecule has 0 saturated carbocycles. The standard InChI is InChI=1S/C27H26N4O3/c32-27-25(23-14-13-22(31(33)34)17-24(23)29-27)26(20-7-3-1-4-8-20)28-21-11-9-19(10-12-21)18-30-15-5-2-6-16-30/h1,3-4,7-14,17,28H,2,5-6,15-16,18H2,(H,29,32)/b26-25-. The molecule has 0 spiro atoms. The van der Waals surface area contributed by atoms with Crippen LogP contribution in [0, 0.1) is 10.1 Å². The van der Waals surface area contributed by atoms with E-state index in [2.05, 4.69) is 27.7 Å². The van der Waals surface area contributed by atoms with Gasteiger partial charge in [0.05, 0.1) is 21.9 Å². The number of non-ortho nitro benzene ring substituents is 1. The van der Waals surface area contributed by atoms with Crippen LogP contribution >= 0.6 is 0 Å². The average molecular weight is 455 g/mol. The van der Waals surface area contributed by atoms with Gasteiger partial charge >= 0.3 is 0 Å². The third-order valence-corrected chi connectivity index (χ3v) is 6.35. The SMILES string of the molecule is O=C1Nc2cc([N+](=O)[O-])ccc2/C1=C(/Nc1ccc(CN2CCCCC2)cc1)c1ccccc1. The van der Waals surface area contributed by atoms with Gasteiger partial charge in [-0.1, -0.05) is 48.9 Å². The first kappa shape index (κ1) is 21.9. The molecular weight excluding hydrogens is 428 g/mol. The van der Waals surface area contributed by atoms with Crippen LogP contribution in [0.25, 0.3) is 11.3 Å². The maximum absolute atomic E-state index is 13.0. The molecule has 3 aromatic rings. The first-order valence-corrected chi connectivity index (χ1v) is 11.6. The van der Waals surface area contributed by atoms with Gasteiger partial charge in [0.25, 0.3) is 11.6 Å². The van der Waals surface area contributed by atoms with Crippen LogP contribution in [0.5, 0.6) is 0 Å².